The van der Waals surface area contributed by atoms with Gasteiger partial charge in [-0.15, -0.1) is 11.3 Å². The number of morpholine rings is 1. The number of carboxylic acids is 1. The second-order valence-corrected chi connectivity index (χ2v) is 5.12. The normalized spacial score (nSPS) is 20.2. The number of thiazole rings is 1. The molecule has 7 nitrogen and oxygen atoms in total. The third kappa shape index (κ3) is 3.98. The van der Waals surface area contributed by atoms with Crippen LogP contribution in [0.25, 0.3) is 0 Å². The van der Waals surface area contributed by atoms with Crippen LogP contribution in [0.4, 0.5) is 5.13 Å². The van der Waals surface area contributed by atoms with Crippen molar-refractivity contribution in [2.45, 2.75) is 19.6 Å². The van der Waals surface area contributed by atoms with Crippen LogP contribution in [0, 0.1) is 0 Å². The van der Waals surface area contributed by atoms with Gasteiger partial charge in [-0.25, -0.2) is 9.78 Å². The van der Waals surface area contributed by atoms with E-state index in [9.17, 15) is 9.59 Å². The second kappa shape index (κ2) is 6.09. The first-order valence-corrected chi connectivity index (χ1v) is 6.71. The van der Waals surface area contributed by atoms with Gasteiger partial charge in [-0.1, -0.05) is 0 Å². The van der Waals surface area contributed by atoms with Gasteiger partial charge in [0.05, 0.1) is 12.3 Å². The number of hydrogen-bond donors (Lipinski definition) is 2. The Morgan fingerprint density at radius 3 is 3.16 bits per heavy atom. The molecule has 1 atom stereocenters. The SMILES string of the molecule is CC(=O)Nc1nc(CN2CCOC(C(=O)O)C2)cs1. The van der Waals surface area contributed by atoms with Gasteiger partial charge in [-0.05, 0) is 0 Å². The highest BCUT2D eigenvalue weighted by atomic mass is 32.1. The first-order chi connectivity index (χ1) is 9.04. The molecule has 1 aliphatic heterocycles. The predicted molar refractivity (Wildman–Crippen MR) is 69.1 cm³/mol. The molecule has 2 rings (SSSR count). The standard InChI is InChI=1S/C11H15N3O4S/c1-7(15)12-11-13-8(6-19-11)4-14-2-3-18-9(5-14)10(16)17/h6,9H,2-5H2,1H3,(H,16,17)(H,12,13,15). The van der Waals surface area contributed by atoms with E-state index in [1.807, 2.05) is 10.3 Å². The molecule has 104 valence electrons. The van der Waals surface area contributed by atoms with Crippen molar-refractivity contribution >= 4 is 28.3 Å². The number of anilines is 1. The monoisotopic (exact) mass is 285 g/mol. The van der Waals surface area contributed by atoms with Gasteiger partial charge in [0.25, 0.3) is 0 Å². The van der Waals surface area contributed by atoms with Crippen molar-refractivity contribution in [3.05, 3.63) is 11.1 Å². The van der Waals surface area contributed by atoms with Crippen molar-refractivity contribution < 1.29 is 19.4 Å². The summed E-state index contributed by atoms with van der Waals surface area (Å²) in [5.74, 6) is -1.10. The first-order valence-electron chi connectivity index (χ1n) is 5.83. The second-order valence-electron chi connectivity index (χ2n) is 4.26. The van der Waals surface area contributed by atoms with Crippen molar-refractivity contribution in [2.75, 3.05) is 25.0 Å². The van der Waals surface area contributed by atoms with E-state index in [2.05, 4.69) is 10.3 Å². The number of aromatic nitrogens is 1. The summed E-state index contributed by atoms with van der Waals surface area (Å²) in [5.41, 5.74) is 0.819. The molecule has 1 fully saturated rings. The van der Waals surface area contributed by atoms with Crippen LogP contribution in [0.1, 0.15) is 12.6 Å². The van der Waals surface area contributed by atoms with Crippen molar-refractivity contribution in [1.82, 2.24) is 9.88 Å². The van der Waals surface area contributed by atoms with Crippen molar-refractivity contribution in [1.29, 1.82) is 0 Å². The Labute approximate surface area is 114 Å². The molecule has 8 heteroatoms. The fraction of sp³-hybridized carbons (Fsp3) is 0.545. The third-order valence-corrected chi connectivity index (χ3v) is 3.45. The summed E-state index contributed by atoms with van der Waals surface area (Å²) in [4.78, 5) is 28.0. The van der Waals surface area contributed by atoms with Gasteiger partial charge in [0, 0.05) is 31.9 Å². The summed E-state index contributed by atoms with van der Waals surface area (Å²) < 4.78 is 5.15. The minimum absolute atomic E-state index is 0.154. The summed E-state index contributed by atoms with van der Waals surface area (Å²) in [6, 6.07) is 0. The molecule has 1 amide bonds. The molecule has 1 unspecified atom stereocenters. The molecule has 1 aromatic rings. The van der Waals surface area contributed by atoms with E-state index in [1.54, 1.807) is 0 Å². The highest BCUT2D eigenvalue weighted by molar-refractivity contribution is 7.13. The maximum Gasteiger partial charge on any atom is 0.334 e. The molecular formula is C11H15N3O4S. The summed E-state index contributed by atoms with van der Waals surface area (Å²) in [6.07, 6.45) is -0.776. The first kappa shape index (κ1) is 13.9. The van der Waals surface area contributed by atoms with E-state index in [0.29, 0.717) is 31.4 Å². The van der Waals surface area contributed by atoms with E-state index in [1.165, 1.54) is 18.3 Å². The number of nitrogens with zero attached hydrogens (tertiary/aromatic N) is 2. The van der Waals surface area contributed by atoms with E-state index < -0.39 is 12.1 Å². The van der Waals surface area contributed by atoms with E-state index in [0.717, 1.165) is 5.69 Å². The van der Waals surface area contributed by atoms with Gasteiger partial charge >= 0.3 is 5.97 Å². The Balaban J connectivity index is 1.91. The van der Waals surface area contributed by atoms with Crippen LogP contribution < -0.4 is 5.32 Å². The van der Waals surface area contributed by atoms with Gasteiger partial charge in [0.2, 0.25) is 5.91 Å². The highest BCUT2D eigenvalue weighted by Gasteiger charge is 2.26. The number of carbonyl (C=O) groups excluding carboxylic acids is 1. The lowest BCUT2D eigenvalue weighted by Crippen LogP contribution is -2.45. The third-order valence-electron chi connectivity index (χ3n) is 2.65. The number of aliphatic carboxylic acids is 1. The molecule has 0 saturated carbocycles. The topological polar surface area (TPSA) is 91.8 Å². The lowest BCUT2D eigenvalue weighted by molar-refractivity contribution is -0.156. The molecule has 0 aromatic carbocycles. The summed E-state index contributed by atoms with van der Waals surface area (Å²) in [6.45, 7) is 3.42. The molecule has 1 aromatic heterocycles. The van der Waals surface area contributed by atoms with Crippen LogP contribution in [0.15, 0.2) is 5.38 Å². The highest BCUT2D eigenvalue weighted by Crippen LogP contribution is 2.17. The van der Waals surface area contributed by atoms with Gasteiger partial charge in [-0.3, -0.25) is 9.69 Å². The lowest BCUT2D eigenvalue weighted by atomic mass is 10.2. The van der Waals surface area contributed by atoms with E-state index in [-0.39, 0.29) is 5.91 Å². The predicted octanol–water partition coefficient (Wildman–Crippen LogP) is 0.387. The number of ether oxygens (including phenoxy) is 1. The van der Waals surface area contributed by atoms with E-state index >= 15 is 0 Å². The minimum atomic E-state index is -0.943. The van der Waals surface area contributed by atoms with Gasteiger partial charge in [-0.2, -0.15) is 0 Å². The van der Waals surface area contributed by atoms with Crippen LogP contribution in [-0.4, -0.2) is 52.7 Å². The zero-order valence-electron chi connectivity index (χ0n) is 10.5. The number of amides is 1. The maximum atomic E-state index is 10.9. The molecule has 0 spiro atoms. The lowest BCUT2D eigenvalue weighted by Gasteiger charge is -2.30. The Morgan fingerprint density at radius 2 is 2.47 bits per heavy atom. The Kier molecular flexibility index (Phi) is 4.46. The number of carbonyl (C=O) groups is 2. The van der Waals surface area contributed by atoms with Crippen LogP contribution >= 0.6 is 11.3 Å². The van der Waals surface area contributed by atoms with Gasteiger partial charge in [0.15, 0.2) is 11.2 Å². The Bertz CT molecular complexity index is 476. The minimum Gasteiger partial charge on any atom is -0.479 e. The van der Waals surface area contributed by atoms with Crippen molar-refractivity contribution in [3.63, 3.8) is 0 Å². The molecule has 2 N–H and O–H groups in total. The molecule has 0 aliphatic carbocycles. The number of rotatable bonds is 4. The molecule has 1 saturated heterocycles. The maximum absolute atomic E-state index is 10.9. The smallest absolute Gasteiger partial charge is 0.334 e. The summed E-state index contributed by atoms with van der Waals surface area (Å²) in [5, 5.41) is 14.0. The van der Waals surface area contributed by atoms with Crippen LogP contribution in [0.3, 0.4) is 0 Å². The Morgan fingerprint density at radius 1 is 1.68 bits per heavy atom. The molecule has 0 radical (unpaired) electrons. The van der Waals surface area contributed by atoms with Crippen LogP contribution in [0.2, 0.25) is 0 Å². The largest absolute Gasteiger partial charge is 0.479 e. The Hall–Kier alpha value is -1.51. The zero-order chi connectivity index (χ0) is 13.8. The van der Waals surface area contributed by atoms with E-state index in [4.69, 9.17) is 9.84 Å². The average Bonchev–Trinajstić information content (AvgIpc) is 2.76. The van der Waals surface area contributed by atoms with Crippen LogP contribution in [0.5, 0.6) is 0 Å². The number of nitrogens with one attached hydrogen (secondary N) is 1. The van der Waals surface area contributed by atoms with Crippen molar-refractivity contribution in [3.8, 4) is 0 Å². The summed E-state index contributed by atoms with van der Waals surface area (Å²) >= 11 is 1.36. The van der Waals surface area contributed by atoms with Gasteiger partial charge in [0.1, 0.15) is 0 Å². The zero-order valence-corrected chi connectivity index (χ0v) is 11.3. The molecule has 2 heterocycles. The number of hydrogen-bond acceptors (Lipinski definition) is 6. The summed E-state index contributed by atoms with van der Waals surface area (Å²) in [7, 11) is 0. The van der Waals surface area contributed by atoms with Crippen molar-refractivity contribution in [2.24, 2.45) is 0 Å². The molecule has 19 heavy (non-hydrogen) atoms. The van der Waals surface area contributed by atoms with Crippen LogP contribution in [-0.2, 0) is 20.9 Å². The fourth-order valence-electron chi connectivity index (χ4n) is 1.81. The fourth-order valence-corrected chi connectivity index (χ4v) is 2.56. The average molecular weight is 285 g/mol. The molecular weight excluding hydrogens is 270 g/mol. The molecule has 1 aliphatic rings. The van der Waals surface area contributed by atoms with Gasteiger partial charge < -0.3 is 15.2 Å². The number of carboxylic acid groups (broad SMARTS) is 1. The molecule has 0 bridgehead atoms. The quantitative estimate of drug-likeness (QED) is 0.831.